The Bertz CT molecular complexity index is 701. The molecule has 7 heteroatoms. The van der Waals surface area contributed by atoms with Gasteiger partial charge in [0.25, 0.3) is 0 Å². The Labute approximate surface area is 128 Å². The van der Waals surface area contributed by atoms with Gasteiger partial charge in [0.1, 0.15) is 11.0 Å². The third-order valence-electron chi connectivity index (χ3n) is 2.57. The van der Waals surface area contributed by atoms with E-state index in [4.69, 9.17) is 21.1 Å². The Morgan fingerprint density at radius 2 is 1.67 bits per heavy atom. The SMILES string of the molecule is COc1ccccc1Oc1ccc(NS(=O)(=O)CCl)cc1. The summed E-state index contributed by atoms with van der Waals surface area (Å²) in [6.07, 6.45) is 0. The highest BCUT2D eigenvalue weighted by atomic mass is 35.5. The van der Waals surface area contributed by atoms with E-state index in [1.54, 1.807) is 43.5 Å². The van der Waals surface area contributed by atoms with E-state index in [0.717, 1.165) is 0 Å². The van der Waals surface area contributed by atoms with Gasteiger partial charge in [0.15, 0.2) is 11.5 Å². The van der Waals surface area contributed by atoms with Gasteiger partial charge in [-0.25, -0.2) is 8.42 Å². The zero-order valence-corrected chi connectivity index (χ0v) is 12.8. The van der Waals surface area contributed by atoms with Gasteiger partial charge in [0.2, 0.25) is 10.0 Å². The van der Waals surface area contributed by atoms with E-state index in [1.807, 2.05) is 12.1 Å². The molecule has 0 heterocycles. The van der Waals surface area contributed by atoms with Crippen LogP contribution in [0.25, 0.3) is 0 Å². The van der Waals surface area contributed by atoms with Crippen LogP contribution in [0.1, 0.15) is 0 Å². The average Bonchev–Trinajstić information content (AvgIpc) is 2.49. The summed E-state index contributed by atoms with van der Waals surface area (Å²) in [5.74, 6) is 1.76. The normalized spacial score (nSPS) is 11.0. The molecule has 21 heavy (non-hydrogen) atoms. The molecule has 0 aromatic heterocycles. The molecule has 0 aliphatic rings. The number of hydrogen-bond donors (Lipinski definition) is 1. The molecule has 0 spiro atoms. The van der Waals surface area contributed by atoms with Crippen LogP contribution < -0.4 is 14.2 Å². The molecule has 2 rings (SSSR count). The largest absolute Gasteiger partial charge is 0.493 e. The standard InChI is InChI=1S/C14H14ClNO4S/c1-19-13-4-2-3-5-14(13)20-12-8-6-11(7-9-12)16-21(17,18)10-15/h2-9,16H,10H2,1H3. The molecule has 2 aromatic carbocycles. The highest BCUT2D eigenvalue weighted by molar-refractivity contribution is 7.93. The second-order valence-electron chi connectivity index (χ2n) is 4.10. The molecule has 0 amide bonds. The second kappa shape index (κ2) is 6.69. The predicted molar refractivity (Wildman–Crippen MR) is 82.8 cm³/mol. The van der Waals surface area contributed by atoms with Gasteiger partial charge in [-0.2, -0.15) is 0 Å². The average molecular weight is 328 g/mol. The minimum atomic E-state index is -3.50. The summed E-state index contributed by atoms with van der Waals surface area (Å²) < 4.78 is 35.9. The Morgan fingerprint density at radius 3 is 2.24 bits per heavy atom. The minimum absolute atomic E-state index is 0.419. The van der Waals surface area contributed by atoms with Crippen LogP contribution in [0, 0.1) is 0 Å². The first-order valence-electron chi connectivity index (χ1n) is 6.01. The summed E-state index contributed by atoms with van der Waals surface area (Å²) in [5.41, 5.74) is 0.419. The van der Waals surface area contributed by atoms with Gasteiger partial charge in [0.05, 0.1) is 7.11 Å². The fourth-order valence-electron chi connectivity index (χ4n) is 1.63. The number of anilines is 1. The monoisotopic (exact) mass is 327 g/mol. The van der Waals surface area contributed by atoms with Gasteiger partial charge in [-0.1, -0.05) is 12.1 Å². The van der Waals surface area contributed by atoms with Crippen molar-refractivity contribution in [2.45, 2.75) is 0 Å². The van der Waals surface area contributed by atoms with Gasteiger partial charge in [-0.15, -0.1) is 11.6 Å². The number of para-hydroxylation sites is 2. The number of nitrogens with one attached hydrogen (secondary N) is 1. The Hall–Kier alpha value is -1.92. The molecule has 0 fully saturated rings. The van der Waals surface area contributed by atoms with E-state index < -0.39 is 15.2 Å². The molecule has 0 saturated heterocycles. The Kier molecular flexibility index (Phi) is 4.93. The van der Waals surface area contributed by atoms with Gasteiger partial charge in [0, 0.05) is 5.69 Å². The zero-order valence-electron chi connectivity index (χ0n) is 11.2. The fraction of sp³-hybridized carbons (Fsp3) is 0.143. The molecule has 0 radical (unpaired) electrons. The van der Waals surface area contributed by atoms with E-state index in [9.17, 15) is 8.42 Å². The van der Waals surface area contributed by atoms with E-state index in [1.165, 1.54) is 0 Å². The summed E-state index contributed by atoms with van der Waals surface area (Å²) in [5, 5.41) is -0.494. The van der Waals surface area contributed by atoms with Crippen LogP contribution in [-0.2, 0) is 10.0 Å². The lowest BCUT2D eigenvalue weighted by atomic mass is 10.3. The van der Waals surface area contributed by atoms with Crippen molar-refractivity contribution in [3.63, 3.8) is 0 Å². The lowest BCUT2D eigenvalue weighted by Crippen LogP contribution is -2.13. The van der Waals surface area contributed by atoms with Crippen LogP contribution >= 0.6 is 11.6 Å². The highest BCUT2D eigenvalue weighted by Crippen LogP contribution is 2.31. The van der Waals surface area contributed by atoms with Crippen molar-refractivity contribution >= 4 is 27.3 Å². The molecule has 0 bridgehead atoms. The van der Waals surface area contributed by atoms with Crippen molar-refractivity contribution in [2.24, 2.45) is 0 Å². The van der Waals surface area contributed by atoms with Gasteiger partial charge in [-0.3, -0.25) is 4.72 Å². The maximum Gasteiger partial charge on any atom is 0.246 e. The first-order valence-corrected chi connectivity index (χ1v) is 8.20. The number of halogens is 1. The van der Waals surface area contributed by atoms with Gasteiger partial charge < -0.3 is 9.47 Å². The molecule has 1 N–H and O–H groups in total. The van der Waals surface area contributed by atoms with Crippen LogP contribution in [0.15, 0.2) is 48.5 Å². The molecule has 0 atom stereocenters. The van der Waals surface area contributed by atoms with Crippen LogP contribution in [0.3, 0.4) is 0 Å². The van der Waals surface area contributed by atoms with E-state index in [2.05, 4.69) is 4.72 Å². The number of rotatable bonds is 6. The first kappa shape index (κ1) is 15.5. The maximum atomic E-state index is 11.3. The van der Waals surface area contributed by atoms with Crippen LogP contribution in [0.2, 0.25) is 0 Å². The lowest BCUT2D eigenvalue weighted by Gasteiger charge is -2.10. The number of sulfonamides is 1. The number of ether oxygens (including phenoxy) is 2. The Balaban J connectivity index is 2.13. The summed E-state index contributed by atoms with van der Waals surface area (Å²) in [7, 11) is -1.94. The maximum absolute atomic E-state index is 11.3. The predicted octanol–water partition coefficient (Wildman–Crippen LogP) is 3.43. The smallest absolute Gasteiger partial charge is 0.246 e. The minimum Gasteiger partial charge on any atom is -0.493 e. The molecule has 0 aliphatic carbocycles. The molecular weight excluding hydrogens is 314 g/mol. The van der Waals surface area contributed by atoms with Gasteiger partial charge >= 0.3 is 0 Å². The van der Waals surface area contributed by atoms with Crippen molar-refractivity contribution in [1.82, 2.24) is 0 Å². The molecule has 0 aliphatic heterocycles. The molecule has 112 valence electrons. The number of hydrogen-bond acceptors (Lipinski definition) is 4. The molecular formula is C14H14ClNO4S. The lowest BCUT2D eigenvalue weighted by molar-refractivity contribution is 0.379. The summed E-state index contributed by atoms with van der Waals surface area (Å²) in [6.45, 7) is 0. The third-order valence-corrected chi connectivity index (χ3v) is 4.26. The van der Waals surface area contributed by atoms with E-state index in [-0.39, 0.29) is 0 Å². The van der Waals surface area contributed by atoms with Crippen molar-refractivity contribution in [3.05, 3.63) is 48.5 Å². The van der Waals surface area contributed by atoms with Crippen molar-refractivity contribution in [3.8, 4) is 17.2 Å². The summed E-state index contributed by atoms with van der Waals surface area (Å²) in [6, 6.07) is 13.7. The van der Waals surface area contributed by atoms with E-state index in [0.29, 0.717) is 22.9 Å². The number of benzene rings is 2. The van der Waals surface area contributed by atoms with Gasteiger partial charge in [-0.05, 0) is 36.4 Å². The van der Waals surface area contributed by atoms with E-state index >= 15 is 0 Å². The van der Waals surface area contributed by atoms with Crippen molar-refractivity contribution < 1.29 is 17.9 Å². The number of methoxy groups -OCH3 is 1. The van der Waals surface area contributed by atoms with Crippen LogP contribution in [0.4, 0.5) is 5.69 Å². The summed E-state index contributed by atoms with van der Waals surface area (Å²) >= 11 is 5.33. The topological polar surface area (TPSA) is 64.6 Å². The van der Waals surface area contributed by atoms with Crippen molar-refractivity contribution in [1.29, 1.82) is 0 Å². The highest BCUT2D eigenvalue weighted by Gasteiger charge is 2.08. The molecule has 0 unspecified atom stereocenters. The summed E-state index contributed by atoms with van der Waals surface area (Å²) in [4.78, 5) is 0. The molecule has 2 aromatic rings. The van der Waals surface area contributed by atoms with Crippen LogP contribution in [0.5, 0.6) is 17.2 Å². The third kappa shape index (κ3) is 4.27. The zero-order chi connectivity index (χ0) is 15.3. The van der Waals surface area contributed by atoms with Crippen molar-refractivity contribution in [2.75, 3.05) is 17.0 Å². The Morgan fingerprint density at radius 1 is 1.05 bits per heavy atom. The molecule has 0 saturated carbocycles. The second-order valence-corrected chi connectivity index (χ2v) is 6.41. The fourth-order valence-corrected chi connectivity index (χ4v) is 2.34. The number of alkyl halides is 1. The van der Waals surface area contributed by atoms with Crippen LogP contribution in [-0.4, -0.2) is 20.7 Å². The first-order chi connectivity index (χ1) is 10.0. The quantitative estimate of drug-likeness (QED) is 0.826. The molecule has 5 nitrogen and oxygen atoms in total.